The number of methoxy groups -OCH3 is 2. The minimum atomic E-state index is -0.773. The minimum Gasteiger partial charge on any atom is -0.507 e. The fourth-order valence-corrected chi connectivity index (χ4v) is 4.14. The Morgan fingerprint density at radius 1 is 1.06 bits per heavy atom. The van der Waals surface area contributed by atoms with Crippen molar-refractivity contribution >= 4 is 17.4 Å². The van der Waals surface area contributed by atoms with Crippen LogP contribution in [-0.4, -0.2) is 74.6 Å². The predicted molar refractivity (Wildman–Crippen MR) is 134 cm³/mol. The van der Waals surface area contributed by atoms with Crippen molar-refractivity contribution in [2.45, 2.75) is 26.3 Å². The zero-order valence-electron chi connectivity index (χ0n) is 21.3. The maximum absolute atomic E-state index is 13.3. The van der Waals surface area contributed by atoms with Gasteiger partial charge in [-0.3, -0.25) is 9.59 Å². The summed E-state index contributed by atoms with van der Waals surface area (Å²) >= 11 is 0. The summed E-state index contributed by atoms with van der Waals surface area (Å²) in [5.41, 5.74) is 1.90. The lowest BCUT2D eigenvalue weighted by Gasteiger charge is -2.27. The Kier molecular flexibility index (Phi) is 8.40. The lowest BCUT2D eigenvalue weighted by atomic mass is 9.93. The van der Waals surface area contributed by atoms with E-state index in [1.165, 1.54) is 19.1 Å². The van der Waals surface area contributed by atoms with Gasteiger partial charge in [-0.1, -0.05) is 13.0 Å². The first-order valence-electron chi connectivity index (χ1n) is 11.6. The number of benzene rings is 2. The molecular formula is C27H34N2O6. The van der Waals surface area contributed by atoms with Crippen molar-refractivity contribution in [3.8, 4) is 17.2 Å². The largest absolute Gasteiger partial charge is 0.507 e. The van der Waals surface area contributed by atoms with E-state index in [2.05, 4.69) is 0 Å². The number of ketones is 1. The molecule has 1 amide bonds. The molecule has 188 valence electrons. The summed E-state index contributed by atoms with van der Waals surface area (Å²) in [6, 6.07) is 9.76. The van der Waals surface area contributed by atoms with Crippen LogP contribution in [-0.2, 0) is 9.59 Å². The molecule has 1 aliphatic heterocycles. The van der Waals surface area contributed by atoms with Gasteiger partial charge in [-0.25, -0.2) is 0 Å². The highest BCUT2D eigenvalue weighted by molar-refractivity contribution is 6.46. The van der Waals surface area contributed by atoms with E-state index in [1.807, 2.05) is 38.9 Å². The molecule has 0 bridgehead atoms. The van der Waals surface area contributed by atoms with E-state index in [4.69, 9.17) is 14.2 Å². The van der Waals surface area contributed by atoms with E-state index in [1.54, 1.807) is 30.3 Å². The highest BCUT2D eigenvalue weighted by Crippen LogP contribution is 2.42. The van der Waals surface area contributed by atoms with Crippen LogP contribution >= 0.6 is 0 Å². The number of amides is 1. The Hall–Kier alpha value is -3.52. The van der Waals surface area contributed by atoms with Crippen LogP contribution in [0.3, 0.4) is 0 Å². The quantitative estimate of drug-likeness (QED) is 0.313. The molecule has 8 heteroatoms. The number of likely N-dealkylation sites (N-methyl/N-ethyl adjacent to an activating group) is 1. The molecule has 0 aliphatic carbocycles. The number of hydrogen-bond donors (Lipinski definition) is 1. The van der Waals surface area contributed by atoms with Crippen LogP contribution in [0.4, 0.5) is 0 Å². The molecule has 2 aromatic rings. The van der Waals surface area contributed by atoms with E-state index >= 15 is 0 Å². The van der Waals surface area contributed by atoms with Crippen LogP contribution in [0, 0.1) is 6.92 Å². The summed E-state index contributed by atoms with van der Waals surface area (Å²) in [6.07, 6.45) is 0.877. The van der Waals surface area contributed by atoms with E-state index < -0.39 is 17.7 Å². The van der Waals surface area contributed by atoms with E-state index in [0.29, 0.717) is 48.1 Å². The number of carbonyl (C=O) groups is 2. The number of aliphatic hydroxyl groups is 1. The first-order valence-corrected chi connectivity index (χ1v) is 11.6. The van der Waals surface area contributed by atoms with Gasteiger partial charge in [-0.05, 0) is 68.9 Å². The molecule has 1 N–H and O–H groups in total. The van der Waals surface area contributed by atoms with Gasteiger partial charge < -0.3 is 29.1 Å². The third-order valence-corrected chi connectivity index (χ3v) is 5.98. The lowest BCUT2D eigenvalue weighted by Crippen LogP contribution is -2.35. The first-order chi connectivity index (χ1) is 16.7. The van der Waals surface area contributed by atoms with Crippen molar-refractivity contribution in [1.29, 1.82) is 0 Å². The number of ether oxygens (including phenoxy) is 3. The molecule has 2 aromatic carbocycles. The van der Waals surface area contributed by atoms with Crippen LogP contribution < -0.4 is 14.2 Å². The molecule has 1 heterocycles. The monoisotopic (exact) mass is 482 g/mol. The Bertz CT molecular complexity index is 1120. The second-order valence-electron chi connectivity index (χ2n) is 8.74. The molecule has 0 spiro atoms. The highest BCUT2D eigenvalue weighted by Gasteiger charge is 2.46. The van der Waals surface area contributed by atoms with Crippen LogP contribution in [0.25, 0.3) is 5.76 Å². The number of hydrogen-bond acceptors (Lipinski definition) is 7. The van der Waals surface area contributed by atoms with E-state index in [0.717, 1.165) is 12.0 Å². The van der Waals surface area contributed by atoms with E-state index in [9.17, 15) is 14.7 Å². The molecule has 1 fully saturated rings. The van der Waals surface area contributed by atoms with Crippen molar-refractivity contribution in [2.75, 3.05) is 48.0 Å². The fourth-order valence-electron chi connectivity index (χ4n) is 4.14. The van der Waals surface area contributed by atoms with Gasteiger partial charge in [0.2, 0.25) is 0 Å². The van der Waals surface area contributed by atoms with E-state index in [-0.39, 0.29) is 11.3 Å². The molecule has 0 aromatic heterocycles. The number of likely N-dealkylation sites (tertiary alicyclic amines) is 1. The van der Waals surface area contributed by atoms with Crippen molar-refractivity contribution < 1.29 is 28.9 Å². The van der Waals surface area contributed by atoms with Crippen molar-refractivity contribution in [1.82, 2.24) is 9.80 Å². The van der Waals surface area contributed by atoms with Crippen molar-refractivity contribution in [3.05, 3.63) is 58.7 Å². The average molecular weight is 483 g/mol. The van der Waals surface area contributed by atoms with Gasteiger partial charge in [0.25, 0.3) is 11.7 Å². The normalized spacial score (nSPS) is 17.2. The molecular weight excluding hydrogens is 448 g/mol. The van der Waals surface area contributed by atoms with Crippen LogP contribution in [0.1, 0.15) is 36.1 Å². The summed E-state index contributed by atoms with van der Waals surface area (Å²) in [5.74, 6) is 0.108. The first kappa shape index (κ1) is 26.1. The smallest absolute Gasteiger partial charge is 0.295 e. The maximum atomic E-state index is 13.3. The predicted octanol–water partition coefficient (Wildman–Crippen LogP) is 3.78. The van der Waals surface area contributed by atoms with Gasteiger partial charge >= 0.3 is 0 Å². The third kappa shape index (κ3) is 5.43. The highest BCUT2D eigenvalue weighted by atomic mass is 16.5. The topological polar surface area (TPSA) is 88.5 Å². The molecule has 0 saturated carbocycles. The lowest BCUT2D eigenvalue weighted by molar-refractivity contribution is -0.140. The Morgan fingerprint density at radius 2 is 1.77 bits per heavy atom. The molecule has 1 aliphatic rings. The summed E-state index contributed by atoms with van der Waals surface area (Å²) in [5, 5.41) is 11.4. The van der Waals surface area contributed by atoms with Gasteiger partial charge in [0, 0.05) is 18.7 Å². The zero-order valence-corrected chi connectivity index (χ0v) is 21.3. The molecule has 3 rings (SSSR count). The molecule has 1 atom stereocenters. The number of nitrogens with zero attached hydrogens (tertiary/aromatic N) is 2. The van der Waals surface area contributed by atoms with Crippen molar-refractivity contribution in [3.63, 3.8) is 0 Å². The Balaban J connectivity index is 2.15. The molecule has 35 heavy (non-hydrogen) atoms. The number of Topliss-reactive ketones (excluding diaryl/α,β-unsaturated/α-hetero) is 1. The maximum Gasteiger partial charge on any atom is 0.295 e. The molecule has 0 radical (unpaired) electrons. The van der Waals surface area contributed by atoms with Gasteiger partial charge in [-0.2, -0.15) is 0 Å². The number of rotatable bonds is 10. The van der Waals surface area contributed by atoms with Crippen LogP contribution in [0.2, 0.25) is 0 Å². The van der Waals surface area contributed by atoms with Crippen LogP contribution in [0.5, 0.6) is 17.2 Å². The summed E-state index contributed by atoms with van der Waals surface area (Å²) in [4.78, 5) is 29.8. The number of aryl methyl sites for hydroxylation is 1. The summed E-state index contributed by atoms with van der Waals surface area (Å²) in [7, 11) is 6.86. The number of carbonyl (C=O) groups excluding carboxylic acids is 2. The van der Waals surface area contributed by atoms with Gasteiger partial charge in [-0.15, -0.1) is 0 Å². The Morgan fingerprint density at radius 3 is 2.37 bits per heavy atom. The summed E-state index contributed by atoms with van der Waals surface area (Å²) in [6.45, 7) is 5.31. The second kappa shape index (κ2) is 11.3. The zero-order chi connectivity index (χ0) is 25.7. The SMILES string of the molecule is CCCOc1ccc(/C(O)=C2\C(=O)C(=O)N(CCN(C)C)C2c2ccc(OC)c(OC)c2)c(C)c1. The minimum absolute atomic E-state index is 0.0475. The summed E-state index contributed by atoms with van der Waals surface area (Å²) < 4.78 is 16.5. The standard InChI is InChI=1S/C27H34N2O6/c1-7-14-35-19-9-10-20(17(2)15-19)25(30)23-24(18-8-11-21(33-5)22(16-18)34-6)29(13-12-28(3)4)27(32)26(23)31/h8-11,15-16,24,30H,7,12-14H2,1-6H3/b25-23+. The molecule has 8 nitrogen and oxygen atoms in total. The average Bonchev–Trinajstić information content (AvgIpc) is 3.10. The Labute approximate surface area is 206 Å². The van der Waals surface area contributed by atoms with Crippen LogP contribution in [0.15, 0.2) is 42.0 Å². The van der Waals surface area contributed by atoms with Gasteiger partial charge in [0.15, 0.2) is 11.5 Å². The van der Waals surface area contributed by atoms with Gasteiger partial charge in [0.1, 0.15) is 11.5 Å². The third-order valence-electron chi connectivity index (χ3n) is 5.98. The van der Waals surface area contributed by atoms with Crippen molar-refractivity contribution in [2.24, 2.45) is 0 Å². The molecule has 1 saturated heterocycles. The fraction of sp³-hybridized carbons (Fsp3) is 0.407. The number of aliphatic hydroxyl groups excluding tert-OH is 1. The second-order valence-corrected chi connectivity index (χ2v) is 8.74. The van der Waals surface area contributed by atoms with Gasteiger partial charge in [0.05, 0.1) is 32.4 Å². The molecule has 1 unspecified atom stereocenters.